The highest BCUT2D eigenvalue weighted by atomic mass is 16.5. The van der Waals surface area contributed by atoms with E-state index < -0.39 is 0 Å². The van der Waals surface area contributed by atoms with Gasteiger partial charge in [-0.1, -0.05) is 30.3 Å². The Morgan fingerprint density at radius 1 is 1.17 bits per heavy atom. The van der Waals surface area contributed by atoms with Gasteiger partial charge in [-0.2, -0.15) is 5.10 Å². The molecule has 3 heterocycles. The molecule has 1 saturated heterocycles. The molecule has 8 heteroatoms. The maximum absolute atomic E-state index is 12.3. The fourth-order valence-corrected chi connectivity index (χ4v) is 3.81. The molecule has 2 aliphatic heterocycles. The molecular formula is C22H28N6O2. The molecule has 5 rings (SSSR count). The van der Waals surface area contributed by atoms with Crippen LogP contribution in [0.5, 0.6) is 0 Å². The van der Waals surface area contributed by atoms with Crippen molar-refractivity contribution in [3.8, 4) is 0 Å². The van der Waals surface area contributed by atoms with Gasteiger partial charge >= 0.3 is 0 Å². The van der Waals surface area contributed by atoms with Crippen molar-refractivity contribution in [1.29, 1.82) is 0 Å². The second kappa shape index (κ2) is 8.17. The van der Waals surface area contributed by atoms with Crippen LogP contribution in [0.2, 0.25) is 0 Å². The molecule has 1 aromatic heterocycles. The molecule has 1 fully saturated rings. The molecule has 158 valence electrons. The van der Waals surface area contributed by atoms with E-state index in [1.165, 1.54) is 0 Å². The second-order valence-electron chi connectivity index (χ2n) is 7.54. The Labute approximate surface area is 177 Å². The molecule has 0 radical (unpaired) electrons. The lowest BCUT2D eigenvalue weighted by atomic mass is 9.99. The van der Waals surface area contributed by atoms with Crippen LogP contribution in [0.1, 0.15) is 27.0 Å². The van der Waals surface area contributed by atoms with Crippen LogP contribution in [0, 0.1) is 5.92 Å². The summed E-state index contributed by atoms with van der Waals surface area (Å²) in [6.45, 7) is 1.88. The third-order valence-electron chi connectivity index (χ3n) is 5.57. The number of ether oxygens (including phenoxy) is 1. The highest BCUT2D eigenvalue weighted by Gasteiger charge is 2.21. The number of anilines is 1. The molecule has 1 amide bonds. The molecule has 2 aliphatic rings. The Bertz CT molecular complexity index is 1080. The van der Waals surface area contributed by atoms with Crippen LogP contribution >= 0.6 is 0 Å². The van der Waals surface area contributed by atoms with Gasteiger partial charge < -0.3 is 10.1 Å². The highest BCUT2D eigenvalue weighted by Crippen LogP contribution is 2.25. The van der Waals surface area contributed by atoms with Crippen LogP contribution in [-0.4, -0.2) is 29.3 Å². The van der Waals surface area contributed by atoms with Gasteiger partial charge in [0.05, 0.1) is 23.1 Å². The van der Waals surface area contributed by atoms with Gasteiger partial charge in [-0.3, -0.25) is 20.3 Å². The highest BCUT2D eigenvalue weighted by molar-refractivity contribution is 5.90. The fourth-order valence-electron chi connectivity index (χ4n) is 3.81. The lowest BCUT2D eigenvalue weighted by molar-refractivity contribution is -0.128. The summed E-state index contributed by atoms with van der Waals surface area (Å²) in [6, 6.07) is 16.1. The van der Waals surface area contributed by atoms with Crippen LogP contribution in [0.3, 0.4) is 0 Å². The van der Waals surface area contributed by atoms with Gasteiger partial charge in [0.25, 0.3) is 0 Å². The van der Waals surface area contributed by atoms with Gasteiger partial charge in [0.15, 0.2) is 0 Å². The lowest BCUT2D eigenvalue weighted by Crippen LogP contribution is -2.36. The minimum absolute atomic E-state index is 0. The molecule has 2 aromatic carbocycles. The average molecular weight is 409 g/mol. The lowest BCUT2D eigenvalue weighted by Gasteiger charge is -2.21. The number of nitrogens with one attached hydrogen (secondary N) is 4. The van der Waals surface area contributed by atoms with E-state index in [2.05, 4.69) is 26.5 Å². The topological polar surface area (TPSA) is 94.3 Å². The van der Waals surface area contributed by atoms with Crippen LogP contribution in [0.15, 0.2) is 54.7 Å². The number of nitrogens with zero attached hydrogens (tertiary/aromatic N) is 2. The standard InChI is InChI=1S/C22H24N6O2.2H2/c29-22(16-9-11-30-12-10-16)23-13-15-5-7-17(8-6-15)28-14-20(25-27-28)21-18-3-1-2-4-19(18)24-26-21;;/h1-8,14,16,25,27H,9-13H2,(H,23,29)(H,24,26);2*1H. The van der Waals surface area contributed by atoms with E-state index in [-0.39, 0.29) is 14.7 Å². The van der Waals surface area contributed by atoms with Crippen molar-refractivity contribution in [3.63, 3.8) is 0 Å². The van der Waals surface area contributed by atoms with Gasteiger partial charge in [0.2, 0.25) is 5.91 Å². The van der Waals surface area contributed by atoms with Crippen LogP contribution in [0.4, 0.5) is 5.69 Å². The van der Waals surface area contributed by atoms with E-state index in [4.69, 9.17) is 4.74 Å². The van der Waals surface area contributed by atoms with E-state index in [0.29, 0.717) is 19.8 Å². The average Bonchev–Trinajstić information content (AvgIpc) is 3.45. The summed E-state index contributed by atoms with van der Waals surface area (Å²) >= 11 is 0. The first-order valence-electron chi connectivity index (χ1n) is 10.2. The van der Waals surface area contributed by atoms with Crippen LogP contribution in [0.25, 0.3) is 16.6 Å². The number of hydrogen-bond acceptors (Lipinski definition) is 6. The van der Waals surface area contributed by atoms with Gasteiger partial charge in [-0.05, 0) is 36.6 Å². The molecule has 0 unspecified atom stereocenters. The number of carbonyl (C=O) groups is 1. The predicted molar refractivity (Wildman–Crippen MR) is 119 cm³/mol. The number of benzene rings is 2. The number of hydrazine groups is 2. The Balaban J connectivity index is 0.00000144. The minimum atomic E-state index is 0. The molecule has 3 aromatic rings. The predicted octanol–water partition coefficient (Wildman–Crippen LogP) is 2.93. The number of fused-ring (bicyclic) bond motifs is 1. The largest absolute Gasteiger partial charge is 0.381 e. The van der Waals surface area contributed by atoms with Gasteiger partial charge in [-0.15, -0.1) is 5.53 Å². The first-order chi connectivity index (χ1) is 14.8. The summed E-state index contributed by atoms with van der Waals surface area (Å²) in [5.41, 5.74) is 11.1. The molecule has 0 spiro atoms. The number of carbonyl (C=O) groups excluding carboxylic acids is 1. The Morgan fingerprint density at radius 2 is 1.97 bits per heavy atom. The second-order valence-corrected chi connectivity index (χ2v) is 7.54. The fraction of sp³-hybridized carbons (Fsp3) is 0.273. The maximum atomic E-state index is 12.3. The Hall–Kier alpha value is -3.36. The zero-order chi connectivity index (χ0) is 20.3. The summed E-state index contributed by atoms with van der Waals surface area (Å²) in [5, 5.41) is 13.5. The van der Waals surface area contributed by atoms with Crippen molar-refractivity contribution in [2.45, 2.75) is 19.4 Å². The van der Waals surface area contributed by atoms with Gasteiger partial charge in [0, 0.05) is 33.9 Å². The third-order valence-corrected chi connectivity index (χ3v) is 5.57. The first kappa shape index (κ1) is 18.7. The maximum Gasteiger partial charge on any atom is 0.223 e. The number of aromatic nitrogens is 2. The quantitative estimate of drug-likeness (QED) is 0.519. The van der Waals surface area contributed by atoms with Crippen LogP contribution < -0.4 is 21.3 Å². The molecular weight excluding hydrogens is 380 g/mol. The Morgan fingerprint density at radius 3 is 2.80 bits per heavy atom. The summed E-state index contributed by atoms with van der Waals surface area (Å²) in [7, 11) is 0. The number of hydrogen-bond donors (Lipinski definition) is 4. The molecule has 0 bridgehead atoms. The van der Waals surface area contributed by atoms with Crippen molar-refractivity contribution >= 4 is 28.2 Å². The molecule has 4 N–H and O–H groups in total. The zero-order valence-corrected chi connectivity index (χ0v) is 16.5. The molecule has 0 atom stereocenters. The van der Waals surface area contributed by atoms with Crippen molar-refractivity contribution in [3.05, 3.63) is 66.0 Å². The molecule has 0 aliphatic carbocycles. The third kappa shape index (κ3) is 3.74. The van der Waals surface area contributed by atoms with Crippen molar-refractivity contribution in [2.75, 3.05) is 18.2 Å². The molecule has 30 heavy (non-hydrogen) atoms. The number of H-pyrrole nitrogens is 1. The van der Waals surface area contributed by atoms with E-state index in [1.807, 2.05) is 59.7 Å². The number of aromatic amines is 1. The summed E-state index contributed by atoms with van der Waals surface area (Å²) < 4.78 is 5.32. The smallest absolute Gasteiger partial charge is 0.223 e. The molecule has 8 nitrogen and oxygen atoms in total. The normalized spacial score (nSPS) is 17.1. The minimum Gasteiger partial charge on any atom is -0.381 e. The van der Waals surface area contributed by atoms with Gasteiger partial charge in [-0.25, -0.2) is 0 Å². The summed E-state index contributed by atoms with van der Waals surface area (Å²) in [4.78, 5) is 12.3. The van der Waals surface area contributed by atoms with Crippen molar-refractivity contribution < 1.29 is 12.4 Å². The van der Waals surface area contributed by atoms with Crippen molar-refractivity contribution in [1.82, 2.24) is 26.5 Å². The summed E-state index contributed by atoms with van der Waals surface area (Å²) in [5.74, 6) is 0.186. The van der Waals surface area contributed by atoms with E-state index in [1.54, 1.807) is 0 Å². The number of rotatable bonds is 5. The van der Waals surface area contributed by atoms with Crippen LogP contribution in [-0.2, 0) is 16.1 Å². The van der Waals surface area contributed by atoms with Crippen molar-refractivity contribution in [2.24, 2.45) is 5.92 Å². The van der Waals surface area contributed by atoms with Gasteiger partial charge in [0.1, 0.15) is 5.69 Å². The van der Waals surface area contributed by atoms with E-state index in [0.717, 1.165) is 46.4 Å². The van der Waals surface area contributed by atoms with E-state index in [9.17, 15) is 4.79 Å². The zero-order valence-electron chi connectivity index (χ0n) is 16.5. The summed E-state index contributed by atoms with van der Waals surface area (Å²) in [6.07, 6.45) is 3.58. The SMILES string of the molecule is O=C(NCc1ccc(N2C=C(c3n[nH]c4ccccc34)NN2)cc1)C1CCOCC1.[HH].[HH]. The van der Waals surface area contributed by atoms with E-state index >= 15 is 0 Å². The number of amides is 1. The monoisotopic (exact) mass is 408 g/mol. The molecule has 0 saturated carbocycles. The number of para-hydroxylation sites is 1. The Kier molecular flexibility index (Phi) is 5.08. The first-order valence-corrected chi connectivity index (χ1v) is 10.2.